The second kappa shape index (κ2) is 15.6. The highest BCUT2D eigenvalue weighted by molar-refractivity contribution is 7.99. The van der Waals surface area contributed by atoms with E-state index in [0.29, 0.717) is 17.7 Å². The van der Waals surface area contributed by atoms with Crippen molar-refractivity contribution in [1.82, 2.24) is 4.72 Å². The number of allylic oxidation sites excluding steroid dienone is 1. The summed E-state index contributed by atoms with van der Waals surface area (Å²) in [6.45, 7) is 1.94. The van der Waals surface area contributed by atoms with E-state index < -0.39 is 65.2 Å². The minimum Gasteiger partial charge on any atom is -0.598 e. The smallest absolute Gasteiger partial charge is 0.338 e. The molecular weight excluding hydrogens is 615 g/mol. The first kappa shape index (κ1) is 32.8. The second-order valence-electron chi connectivity index (χ2n) is 10.7. The minimum atomic E-state index is -1.48. The highest BCUT2D eigenvalue weighted by Gasteiger charge is 2.56. The van der Waals surface area contributed by atoms with Gasteiger partial charge in [-0.2, -0.15) is 0 Å². The van der Waals surface area contributed by atoms with Crippen LogP contribution in [-0.2, 0) is 30.3 Å². The van der Waals surface area contributed by atoms with E-state index in [2.05, 4.69) is 4.72 Å². The predicted octanol–water partition coefficient (Wildman–Crippen LogP) is 4.97. The number of ether oxygens (including phenoxy) is 4. The minimum absolute atomic E-state index is 0.227. The Labute approximate surface area is 270 Å². The van der Waals surface area contributed by atoms with Crippen LogP contribution in [0.2, 0.25) is 0 Å². The molecule has 1 saturated heterocycles. The molecule has 1 fully saturated rings. The van der Waals surface area contributed by atoms with E-state index in [1.807, 2.05) is 19.1 Å². The van der Waals surface area contributed by atoms with Crippen LogP contribution in [-0.4, -0.2) is 70.4 Å². The molecule has 45 heavy (non-hydrogen) atoms. The van der Waals surface area contributed by atoms with E-state index in [1.54, 1.807) is 91.0 Å². The summed E-state index contributed by atoms with van der Waals surface area (Å²) in [7, 11) is 0. The van der Waals surface area contributed by atoms with Crippen molar-refractivity contribution in [2.24, 2.45) is 5.92 Å². The van der Waals surface area contributed by atoms with Crippen LogP contribution in [0, 0.1) is 5.92 Å². The van der Waals surface area contributed by atoms with Gasteiger partial charge in [0.05, 0.1) is 22.7 Å². The van der Waals surface area contributed by atoms with Gasteiger partial charge < -0.3 is 23.5 Å². The third kappa shape index (κ3) is 8.36. The Kier molecular flexibility index (Phi) is 11.4. The van der Waals surface area contributed by atoms with E-state index in [0.717, 1.165) is 0 Å². The first-order valence-corrected chi connectivity index (χ1v) is 17.2. The monoisotopic (exact) mass is 649 g/mol. The van der Waals surface area contributed by atoms with E-state index >= 15 is 0 Å². The number of benzene rings is 3. The Hall–Kier alpha value is -3.61. The lowest BCUT2D eigenvalue weighted by Crippen LogP contribution is -2.66. The predicted molar refractivity (Wildman–Crippen MR) is 172 cm³/mol. The number of nitrogens with one attached hydrogen (secondary N) is 1. The molecule has 2 heterocycles. The summed E-state index contributed by atoms with van der Waals surface area (Å²) in [5.74, 6) is -1.62. The maximum atomic E-state index is 13.6. The SMILES string of the molecule is C[C@H]1/C=C/CCSC2OC(C(OC(=O)c3ccccc3)C(OC(=O)c3ccccc3)C2OC(=O)c2ccccc2)[C@@H]1N[S@@+](C)[O-]. The molecule has 8 atom stereocenters. The maximum absolute atomic E-state index is 13.6. The molecule has 2 aliphatic rings. The zero-order valence-electron chi connectivity index (χ0n) is 24.9. The van der Waals surface area contributed by atoms with Gasteiger partial charge >= 0.3 is 17.9 Å². The molecule has 2 bridgehead atoms. The summed E-state index contributed by atoms with van der Waals surface area (Å²) >= 11 is -0.0788. The van der Waals surface area contributed by atoms with Gasteiger partial charge in [-0.05, 0) is 54.5 Å². The third-order valence-corrected chi connectivity index (χ3v) is 9.30. The quantitative estimate of drug-likeness (QED) is 0.155. The molecule has 0 aliphatic carbocycles. The number of rotatable bonds is 8. The summed E-state index contributed by atoms with van der Waals surface area (Å²) < 4.78 is 40.7. The fourth-order valence-corrected chi connectivity index (χ4v) is 7.14. The van der Waals surface area contributed by atoms with Crippen molar-refractivity contribution in [3.05, 3.63) is 120 Å². The fourth-order valence-electron chi connectivity index (χ4n) is 5.30. The largest absolute Gasteiger partial charge is 0.598 e. The first-order chi connectivity index (χ1) is 21.8. The Morgan fingerprint density at radius 3 is 1.73 bits per heavy atom. The maximum Gasteiger partial charge on any atom is 0.338 e. The average Bonchev–Trinajstić information content (AvgIpc) is 3.06. The third-order valence-electron chi connectivity index (χ3n) is 7.52. The Morgan fingerprint density at radius 1 is 0.778 bits per heavy atom. The number of fused-ring (bicyclic) bond motifs is 2. The lowest BCUT2D eigenvalue weighted by Gasteiger charge is -2.47. The summed E-state index contributed by atoms with van der Waals surface area (Å²) in [6.07, 6.45) is 1.59. The number of carbonyl (C=O) groups is 3. The van der Waals surface area contributed by atoms with Crippen LogP contribution >= 0.6 is 11.8 Å². The molecule has 2 aliphatic heterocycles. The standard InChI is InChI=1S/C34H35NO8S2/c1-22-14-12-13-21-44-34-30(42-33(38)25-19-10-5-11-20-25)29(41-32(37)24-17-8-4-9-18-24)28(27(43-34)26(22)35-45(2)39)40-31(36)23-15-6-3-7-16-23/h3-12,14-20,22,26-30,34-35H,13,21H2,1-2H3/b14-12+/t22-,26+,27?,28?,29?,30?,34?,45+/m0/s1. The molecule has 0 amide bonds. The van der Waals surface area contributed by atoms with E-state index in [-0.39, 0.29) is 17.0 Å². The molecule has 9 nitrogen and oxygen atoms in total. The molecule has 0 saturated carbocycles. The topological polar surface area (TPSA) is 123 Å². The van der Waals surface area contributed by atoms with Gasteiger partial charge in [0.15, 0.2) is 18.3 Å². The van der Waals surface area contributed by atoms with Gasteiger partial charge in [-0.3, -0.25) is 0 Å². The van der Waals surface area contributed by atoms with Gasteiger partial charge in [0.1, 0.15) is 17.8 Å². The molecular formula is C34H35NO8S2. The normalized spacial score (nSPS) is 27.8. The van der Waals surface area contributed by atoms with Gasteiger partial charge in [0.2, 0.25) is 0 Å². The number of carbonyl (C=O) groups excluding carboxylic acids is 3. The molecule has 5 unspecified atom stereocenters. The lowest BCUT2D eigenvalue weighted by atomic mass is 9.87. The molecule has 236 valence electrons. The van der Waals surface area contributed by atoms with Crippen LogP contribution < -0.4 is 4.72 Å². The molecule has 3 aromatic rings. The summed E-state index contributed by atoms with van der Waals surface area (Å²) in [4.78, 5) is 40.7. The fraction of sp³-hybridized carbons (Fsp3) is 0.324. The Morgan fingerprint density at radius 2 is 1.24 bits per heavy atom. The number of hydrogen-bond acceptors (Lipinski definition) is 10. The van der Waals surface area contributed by atoms with Crippen molar-refractivity contribution in [3.8, 4) is 0 Å². The summed E-state index contributed by atoms with van der Waals surface area (Å²) in [6, 6.07) is 24.6. The van der Waals surface area contributed by atoms with Gasteiger partial charge in [-0.15, -0.1) is 16.5 Å². The molecule has 0 radical (unpaired) electrons. The van der Waals surface area contributed by atoms with Crippen molar-refractivity contribution in [3.63, 3.8) is 0 Å². The van der Waals surface area contributed by atoms with E-state index in [9.17, 15) is 18.9 Å². The van der Waals surface area contributed by atoms with Gasteiger partial charge in [0, 0.05) is 11.4 Å². The van der Waals surface area contributed by atoms with Crippen molar-refractivity contribution < 1.29 is 37.9 Å². The number of esters is 3. The Balaban J connectivity index is 1.61. The van der Waals surface area contributed by atoms with Gasteiger partial charge in [-0.25, -0.2) is 14.4 Å². The van der Waals surface area contributed by atoms with Crippen molar-refractivity contribution in [2.45, 2.75) is 49.2 Å². The van der Waals surface area contributed by atoms with Crippen molar-refractivity contribution >= 4 is 41.0 Å². The number of hydrogen-bond donors (Lipinski definition) is 1. The van der Waals surface area contributed by atoms with E-state index in [4.69, 9.17) is 18.9 Å². The molecule has 5 rings (SSSR count). The second-order valence-corrected chi connectivity index (χ2v) is 13.1. The van der Waals surface area contributed by atoms with Crippen LogP contribution in [0.5, 0.6) is 0 Å². The van der Waals surface area contributed by atoms with Gasteiger partial charge in [0.25, 0.3) is 0 Å². The summed E-state index contributed by atoms with van der Waals surface area (Å²) in [5.41, 5.74) is 0.0354. The van der Waals surface area contributed by atoms with Crippen molar-refractivity contribution in [1.29, 1.82) is 0 Å². The molecule has 0 spiro atoms. The number of thioether (sulfide) groups is 1. The molecule has 1 N–H and O–H groups in total. The summed E-state index contributed by atoms with van der Waals surface area (Å²) in [5, 5.41) is 0. The van der Waals surface area contributed by atoms with Crippen LogP contribution in [0.25, 0.3) is 0 Å². The van der Waals surface area contributed by atoms with E-state index in [1.165, 1.54) is 18.0 Å². The van der Waals surface area contributed by atoms with Crippen LogP contribution in [0.1, 0.15) is 44.4 Å². The van der Waals surface area contributed by atoms with Crippen LogP contribution in [0.3, 0.4) is 0 Å². The highest BCUT2D eigenvalue weighted by atomic mass is 32.2. The highest BCUT2D eigenvalue weighted by Crippen LogP contribution is 2.38. The zero-order valence-corrected chi connectivity index (χ0v) is 26.5. The van der Waals surface area contributed by atoms with Crippen LogP contribution in [0.15, 0.2) is 103 Å². The van der Waals surface area contributed by atoms with Crippen molar-refractivity contribution in [2.75, 3.05) is 12.0 Å². The first-order valence-electron chi connectivity index (χ1n) is 14.6. The Bertz CT molecular complexity index is 1460. The molecule has 3 aromatic carbocycles. The average molecular weight is 650 g/mol. The van der Waals surface area contributed by atoms with Crippen LogP contribution in [0.4, 0.5) is 0 Å². The van der Waals surface area contributed by atoms with Gasteiger partial charge in [-0.1, -0.05) is 73.7 Å². The zero-order chi connectivity index (χ0) is 31.8. The molecule has 11 heteroatoms. The molecule has 0 aromatic heterocycles. The lowest BCUT2D eigenvalue weighted by molar-refractivity contribution is -0.207.